The molecule has 0 radical (unpaired) electrons. The molecule has 2 rings (SSSR count). The Morgan fingerprint density at radius 2 is 2.29 bits per heavy atom. The number of ether oxygens (including phenoxy) is 2. The monoisotopic (exact) mass is 230 g/mol. The highest BCUT2D eigenvalue weighted by molar-refractivity contribution is 5.47. The lowest BCUT2D eigenvalue weighted by atomic mass is 10.2. The Hall–Kier alpha value is -2.48. The third-order valence-corrected chi connectivity index (χ3v) is 2.17. The van der Waals surface area contributed by atoms with E-state index in [1.165, 1.54) is 13.4 Å². The minimum Gasteiger partial charge on any atom is -0.495 e. The van der Waals surface area contributed by atoms with Crippen molar-refractivity contribution in [2.45, 2.75) is 6.61 Å². The third kappa shape index (κ3) is 2.55. The number of hydrogen-bond acceptors (Lipinski definition) is 5. The van der Waals surface area contributed by atoms with Crippen molar-refractivity contribution in [2.24, 2.45) is 0 Å². The summed E-state index contributed by atoms with van der Waals surface area (Å²) in [6, 6.07) is 8.78. The Labute approximate surface area is 98.2 Å². The van der Waals surface area contributed by atoms with Crippen LogP contribution in [0.5, 0.6) is 11.5 Å². The van der Waals surface area contributed by atoms with E-state index in [0.717, 1.165) is 0 Å². The molecule has 2 aromatic rings. The third-order valence-electron chi connectivity index (χ3n) is 2.17. The topological polar surface area (TPSA) is 68.3 Å². The molecular weight excluding hydrogens is 220 g/mol. The summed E-state index contributed by atoms with van der Waals surface area (Å²) in [5.41, 5.74) is 1.18. The van der Waals surface area contributed by atoms with E-state index in [0.29, 0.717) is 29.4 Å². The summed E-state index contributed by atoms with van der Waals surface area (Å²) >= 11 is 0. The molecule has 86 valence electrons. The van der Waals surface area contributed by atoms with Crippen LogP contribution in [0.25, 0.3) is 0 Å². The predicted octanol–water partition coefficient (Wildman–Crippen LogP) is 2.13. The first-order valence-corrected chi connectivity index (χ1v) is 4.93. The molecule has 1 heterocycles. The number of nitriles is 1. The minimum atomic E-state index is 0.311. The fourth-order valence-corrected chi connectivity index (χ4v) is 1.32. The first-order valence-electron chi connectivity index (χ1n) is 4.93. The zero-order valence-electron chi connectivity index (χ0n) is 9.21. The summed E-state index contributed by atoms with van der Waals surface area (Å²) in [6.07, 6.45) is 1.48. The van der Waals surface area contributed by atoms with Crippen molar-refractivity contribution in [2.75, 3.05) is 7.11 Å². The average molecular weight is 230 g/mol. The largest absolute Gasteiger partial charge is 0.495 e. The molecule has 17 heavy (non-hydrogen) atoms. The van der Waals surface area contributed by atoms with Gasteiger partial charge in [0.15, 0.2) is 0 Å². The fraction of sp³-hybridized carbons (Fsp3) is 0.167. The SMILES string of the molecule is COc1cc(OCc2ccon2)ccc1C#N. The zero-order valence-corrected chi connectivity index (χ0v) is 9.21. The first-order chi connectivity index (χ1) is 8.33. The highest BCUT2D eigenvalue weighted by Crippen LogP contribution is 2.24. The molecule has 5 nitrogen and oxygen atoms in total. The van der Waals surface area contributed by atoms with Crippen LogP contribution in [0.2, 0.25) is 0 Å². The molecule has 0 atom stereocenters. The Morgan fingerprint density at radius 3 is 2.94 bits per heavy atom. The minimum absolute atomic E-state index is 0.311. The van der Waals surface area contributed by atoms with E-state index in [2.05, 4.69) is 9.68 Å². The lowest BCUT2D eigenvalue weighted by molar-refractivity contribution is 0.287. The second-order valence-electron chi connectivity index (χ2n) is 3.25. The summed E-state index contributed by atoms with van der Waals surface area (Å²) < 4.78 is 15.2. The van der Waals surface area contributed by atoms with Crippen molar-refractivity contribution >= 4 is 0 Å². The smallest absolute Gasteiger partial charge is 0.140 e. The number of nitrogens with zero attached hydrogens (tertiary/aromatic N) is 2. The number of hydrogen-bond donors (Lipinski definition) is 0. The van der Waals surface area contributed by atoms with Gasteiger partial charge in [-0.05, 0) is 12.1 Å². The van der Waals surface area contributed by atoms with E-state index in [-0.39, 0.29) is 0 Å². The predicted molar refractivity (Wildman–Crippen MR) is 58.5 cm³/mol. The van der Waals surface area contributed by atoms with E-state index in [1.807, 2.05) is 6.07 Å². The molecular formula is C12H10N2O3. The van der Waals surface area contributed by atoms with Gasteiger partial charge in [-0.1, -0.05) is 5.16 Å². The molecule has 0 N–H and O–H groups in total. The van der Waals surface area contributed by atoms with Gasteiger partial charge in [0.05, 0.1) is 12.7 Å². The van der Waals surface area contributed by atoms with Gasteiger partial charge in [0.1, 0.15) is 36.1 Å². The lowest BCUT2D eigenvalue weighted by Crippen LogP contribution is -1.96. The van der Waals surface area contributed by atoms with Crippen molar-refractivity contribution in [3.8, 4) is 17.6 Å². The molecule has 5 heteroatoms. The van der Waals surface area contributed by atoms with Gasteiger partial charge in [0.25, 0.3) is 0 Å². The Morgan fingerprint density at radius 1 is 1.41 bits per heavy atom. The maximum atomic E-state index is 8.83. The molecule has 0 amide bonds. The average Bonchev–Trinajstić information content (AvgIpc) is 2.89. The van der Waals surface area contributed by atoms with Gasteiger partial charge in [0.2, 0.25) is 0 Å². The molecule has 0 unspecified atom stereocenters. The number of methoxy groups -OCH3 is 1. The maximum absolute atomic E-state index is 8.83. The van der Waals surface area contributed by atoms with E-state index < -0.39 is 0 Å². The molecule has 0 bridgehead atoms. The summed E-state index contributed by atoms with van der Waals surface area (Å²) in [4.78, 5) is 0. The van der Waals surface area contributed by atoms with E-state index in [4.69, 9.17) is 14.7 Å². The van der Waals surface area contributed by atoms with Crippen molar-refractivity contribution < 1.29 is 14.0 Å². The lowest BCUT2D eigenvalue weighted by Gasteiger charge is -2.07. The highest BCUT2D eigenvalue weighted by atomic mass is 16.5. The normalized spacial score (nSPS) is 9.65. The summed E-state index contributed by atoms with van der Waals surface area (Å²) in [6.45, 7) is 0.311. The van der Waals surface area contributed by atoms with Gasteiger partial charge in [-0.25, -0.2) is 0 Å². The first kappa shape index (κ1) is 11.0. The second-order valence-corrected chi connectivity index (χ2v) is 3.25. The molecule has 0 aliphatic rings. The molecule has 0 saturated heterocycles. The molecule has 0 aliphatic heterocycles. The van der Waals surface area contributed by atoms with Gasteiger partial charge in [-0.15, -0.1) is 0 Å². The molecule has 0 aliphatic carbocycles. The maximum Gasteiger partial charge on any atom is 0.140 e. The van der Waals surface area contributed by atoms with Gasteiger partial charge >= 0.3 is 0 Å². The van der Waals surface area contributed by atoms with Gasteiger partial charge in [0, 0.05) is 12.1 Å². The molecule has 0 saturated carbocycles. The van der Waals surface area contributed by atoms with Crippen LogP contribution in [0.1, 0.15) is 11.3 Å². The van der Waals surface area contributed by atoms with E-state index in [9.17, 15) is 0 Å². The summed E-state index contributed by atoms with van der Waals surface area (Å²) in [5, 5.41) is 12.6. The van der Waals surface area contributed by atoms with Crippen molar-refractivity contribution in [3.05, 3.63) is 41.8 Å². The van der Waals surface area contributed by atoms with Crippen LogP contribution in [0, 0.1) is 11.3 Å². The van der Waals surface area contributed by atoms with E-state index in [1.54, 1.807) is 24.3 Å². The van der Waals surface area contributed by atoms with Gasteiger partial charge in [-0.3, -0.25) is 0 Å². The molecule has 0 spiro atoms. The van der Waals surface area contributed by atoms with Crippen LogP contribution in [-0.4, -0.2) is 12.3 Å². The zero-order chi connectivity index (χ0) is 12.1. The van der Waals surface area contributed by atoms with Gasteiger partial charge in [-0.2, -0.15) is 5.26 Å². The number of benzene rings is 1. The van der Waals surface area contributed by atoms with Crippen molar-refractivity contribution in [1.82, 2.24) is 5.16 Å². The van der Waals surface area contributed by atoms with Crippen molar-refractivity contribution in [1.29, 1.82) is 5.26 Å². The molecule has 0 fully saturated rings. The standard InChI is InChI=1S/C12H10N2O3/c1-15-12-6-11(3-2-9(12)7-13)16-8-10-4-5-17-14-10/h2-6H,8H2,1H3. The molecule has 1 aromatic carbocycles. The van der Waals surface area contributed by atoms with E-state index >= 15 is 0 Å². The molecule has 1 aromatic heterocycles. The quantitative estimate of drug-likeness (QED) is 0.804. The van der Waals surface area contributed by atoms with Crippen LogP contribution >= 0.6 is 0 Å². The van der Waals surface area contributed by atoms with Crippen molar-refractivity contribution in [3.63, 3.8) is 0 Å². The van der Waals surface area contributed by atoms with Crippen LogP contribution in [0.4, 0.5) is 0 Å². The van der Waals surface area contributed by atoms with Crippen LogP contribution in [-0.2, 0) is 6.61 Å². The number of aromatic nitrogens is 1. The Kier molecular flexibility index (Phi) is 3.26. The number of rotatable bonds is 4. The van der Waals surface area contributed by atoms with Gasteiger partial charge < -0.3 is 14.0 Å². The highest BCUT2D eigenvalue weighted by Gasteiger charge is 2.05. The Bertz CT molecular complexity index is 529. The Balaban J connectivity index is 2.09. The van der Waals surface area contributed by atoms with Crippen LogP contribution < -0.4 is 9.47 Å². The summed E-state index contributed by atoms with van der Waals surface area (Å²) in [5.74, 6) is 1.11. The van der Waals surface area contributed by atoms with Crippen LogP contribution in [0.3, 0.4) is 0 Å². The second kappa shape index (κ2) is 5.03. The van der Waals surface area contributed by atoms with Crippen LogP contribution in [0.15, 0.2) is 35.1 Å². The fourth-order valence-electron chi connectivity index (χ4n) is 1.32. The summed E-state index contributed by atoms with van der Waals surface area (Å²) in [7, 11) is 1.51.